The van der Waals surface area contributed by atoms with Gasteiger partial charge < -0.3 is 0 Å². The number of fused-ring (bicyclic) bond motifs is 1. The van der Waals surface area contributed by atoms with E-state index in [-0.39, 0.29) is 11.4 Å². The van der Waals surface area contributed by atoms with Gasteiger partial charge in [-0.15, -0.1) is 0 Å². The van der Waals surface area contributed by atoms with Crippen molar-refractivity contribution in [2.75, 3.05) is 0 Å². The van der Waals surface area contributed by atoms with Crippen LogP contribution in [0.3, 0.4) is 0 Å². The predicted octanol–water partition coefficient (Wildman–Crippen LogP) is 5.41. The summed E-state index contributed by atoms with van der Waals surface area (Å²) in [7, 11) is 0. The van der Waals surface area contributed by atoms with Crippen molar-refractivity contribution in [3.05, 3.63) is 52.5 Å². The number of hydrogen-bond acceptors (Lipinski definition) is 2. The highest BCUT2D eigenvalue weighted by atomic mass is 32.2. The Morgan fingerprint density at radius 1 is 1.43 bits per heavy atom. The number of ketones is 1. The Morgan fingerprint density at radius 3 is 2.71 bits per heavy atom. The molecule has 0 heterocycles. The zero-order valence-corrected chi connectivity index (χ0v) is 13.0. The molecule has 1 aromatic carbocycles. The SMILES string of the molecule is C=C/C(=C(\CC)Sc1cccc2c1C(=O)CC2)C(C)(F)F. The molecule has 0 bridgehead atoms. The van der Waals surface area contributed by atoms with E-state index in [4.69, 9.17) is 0 Å². The Balaban J connectivity index is 2.46. The molecule has 0 unspecified atom stereocenters. The number of carbonyl (C=O) groups is 1. The van der Waals surface area contributed by atoms with Crippen LogP contribution in [0.5, 0.6) is 0 Å². The number of rotatable bonds is 5. The molecule has 1 nitrogen and oxygen atoms in total. The van der Waals surface area contributed by atoms with Crippen molar-refractivity contribution in [2.45, 2.75) is 43.9 Å². The van der Waals surface area contributed by atoms with Gasteiger partial charge in [0.2, 0.25) is 0 Å². The van der Waals surface area contributed by atoms with Crippen LogP contribution in [0.4, 0.5) is 8.78 Å². The van der Waals surface area contributed by atoms with Gasteiger partial charge in [-0.25, -0.2) is 8.78 Å². The van der Waals surface area contributed by atoms with Crippen molar-refractivity contribution in [3.8, 4) is 0 Å². The highest BCUT2D eigenvalue weighted by Crippen LogP contribution is 2.41. The molecule has 0 N–H and O–H groups in total. The first-order valence-corrected chi connectivity index (χ1v) is 7.77. The van der Waals surface area contributed by atoms with Crippen LogP contribution < -0.4 is 0 Å². The maximum absolute atomic E-state index is 13.7. The van der Waals surface area contributed by atoms with Crippen LogP contribution in [-0.4, -0.2) is 11.7 Å². The molecule has 112 valence electrons. The fraction of sp³-hybridized carbons (Fsp3) is 0.353. The average molecular weight is 308 g/mol. The number of allylic oxidation sites excluding steroid dienone is 3. The second-order valence-electron chi connectivity index (χ2n) is 5.10. The van der Waals surface area contributed by atoms with E-state index in [0.29, 0.717) is 23.3 Å². The van der Waals surface area contributed by atoms with Gasteiger partial charge in [-0.1, -0.05) is 43.5 Å². The minimum Gasteiger partial charge on any atom is -0.294 e. The molecule has 0 radical (unpaired) electrons. The minimum absolute atomic E-state index is 0.0574. The minimum atomic E-state index is -2.93. The number of Topliss-reactive ketones (excluding diaryl/α,β-unsaturated/α-hetero) is 1. The lowest BCUT2D eigenvalue weighted by Gasteiger charge is -2.17. The molecule has 0 spiro atoms. The van der Waals surface area contributed by atoms with Crippen LogP contribution in [-0.2, 0) is 6.42 Å². The summed E-state index contributed by atoms with van der Waals surface area (Å²) < 4.78 is 27.3. The molecule has 1 aromatic rings. The zero-order valence-electron chi connectivity index (χ0n) is 12.2. The van der Waals surface area contributed by atoms with Gasteiger partial charge in [-0.3, -0.25) is 4.79 Å². The van der Waals surface area contributed by atoms with Crippen molar-refractivity contribution in [1.29, 1.82) is 0 Å². The van der Waals surface area contributed by atoms with E-state index in [9.17, 15) is 13.6 Å². The fourth-order valence-corrected chi connectivity index (χ4v) is 3.82. The summed E-state index contributed by atoms with van der Waals surface area (Å²) in [5.41, 5.74) is 1.66. The largest absolute Gasteiger partial charge is 0.294 e. The molecule has 21 heavy (non-hydrogen) atoms. The van der Waals surface area contributed by atoms with Crippen LogP contribution in [0.2, 0.25) is 0 Å². The Hall–Kier alpha value is -1.42. The molecular formula is C17H18F2OS. The summed E-state index contributed by atoms with van der Waals surface area (Å²) in [6.45, 7) is 6.22. The second kappa shape index (κ2) is 6.14. The van der Waals surface area contributed by atoms with Crippen molar-refractivity contribution >= 4 is 17.5 Å². The van der Waals surface area contributed by atoms with Crippen LogP contribution in [0, 0.1) is 0 Å². The first-order valence-electron chi connectivity index (χ1n) is 6.95. The van der Waals surface area contributed by atoms with Crippen LogP contribution >= 0.6 is 11.8 Å². The number of alkyl halides is 2. The first-order chi connectivity index (χ1) is 9.88. The molecule has 0 aromatic heterocycles. The number of thioether (sulfide) groups is 1. The molecule has 4 heteroatoms. The van der Waals surface area contributed by atoms with Crippen LogP contribution in [0.15, 0.2) is 46.2 Å². The lowest BCUT2D eigenvalue weighted by Crippen LogP contribution is -2.13. The van der Waals surface area contributed by atoms with Crippen LogP contribution in [0.1, 0.15) is 42.6 Å². The number of carbonyl (C=O) groups excluding carboxylic acids is 1. The Morgan fingerprint density at radius 2 is 2.14 bits per heavy atom. The van der Waals surface area contributed by atoms with Crippen molar-refractivity contribution in [2.24, 2.45) is 0 Å². The third-order valence-electron chi connectivity index (χ3n) is 3.54. The monoisotopic (exact) mass is 308 g/mol. The van der Waals surface area contributed by atoms with Gasteiger partial charge in [0.15, 0.2) is 5.78 Å². The molecule has 1 aliphatic rings. The molecular weight excluding hydrogens is 290 g/mol. The number of halogens is 2. The quantitative estimate of drug-likeness (QED) is 0.534. The summed E-state index contributed by atoms with van der Waals surface area (Å²) in [6, 6.07) is 5.64. The fourth-order valence-electron chi connectivity index (χ4n) is 2.55. The van der Waals surface area contributed by atoms with E-state index in [1.807, 2.05) is 25.1 Å². The molecule has 0 saturated carbocycles. The average Bonchev–Trinajstić information content (AvgIpc) is 2.79. The van der Waals surface area contributed by atoms with Gasteiger partial charge in [0.05, 0.1) is 0 Å². The third kappa shape index (κ3) is 3.26. The molecule has 0 saturated heterocycles. The lowest BCUT2D eigenvalue weighted by atomic mass is 10.1. The number of aryl methyl sites for hydroxylation is 1. The third-order valence-corrected chi connectivity index (χ3v) is 4.86. The Kier molecular flexibility index (Phi) is 4.67. The van der Waals surface area contributed by atoms with Gasteiger partial charge in [-0.2, -0.15) is 0 Å². The Labute approximate surface area is 128 Å². The smallest absolute Gasteiger partial charge is 0.271 e. The van der Waals surface area contributed by atoms with Crippen LogP contribution in [0.25, 0.3) is 0 Å². The van der Waals surface area contributed by atoms with Crippen molar-refractivity contribution in [1.82, 2.24) is 0 Å². The van der Waals surface area contributed by atoms with E-state index >= 15 is 0 Å². The molecule has 0 atom stereocenters. The van der Waals surface area contributed by atoms with E-state index in [1.54, 1.807) is 0 Å². The lowest BCUT2D eigenvalue weighted by molar-refractivity contribution is 0.0669. The zero-order chi connectivity index (χ0) is 15.6. The molecule has 0 fully saturated rings. The molecule has 0 aliphatic heterocycles. The summed E-state index contributed by atoms with van der Waals surface area (Å²) in [6.07, 6.45) is 2.95. The van der Waals surface area contributed by atoms with Crippen molar-refractivity contribution in [3.63, 3.8) is 0 Å². The predicted molar refractivity (Wildman–Crippen MR) is 83.1 cm³/mol. The summed E-state index contributed by atoms with van der Waals surface area (Å²) in [5, 5.41) is 0. The summed E-state index contributed by atoms with van der Waals surface area (Å²) in [5.74, 6) is -2.82. The second-order valence-corrected chi connectivity index (χ2v) is 6.24. The van der Waals surface area contributed by atoms with E-state index in [2.05, 4.69) is 6.58 Å². The Bertz CT molecular complexity index is 612. The standard InChI is InChI=1S/C17H18F2OS/c1-4-12(17(3,18)19)14(5-2)21-15-8-6-7-11-9-10-13(20)16(11)15/h4,6-8H,1,5,9-10H2,2-3H3/b14-12-. The molecule has 2 rings (SSSR count). The van der Waals surface area contributed by atoms with Gasteiger partial charge in [0.1, 0.15) is 0 Å². The highest BCUT2D eigenvalue weighted by molar-refractivity contribution is 8.03. The van der Waals surface area contributed by atoms with E-state index in [0.717, 1.165) is 23.8 Å². The first kappa shape index (κ1) is 16.0. The van der Waals surface area contributed by atoms with Crippen molar-refractivity contribution < 1.29 is 13.6 Å². The summed E-state index contributed by atoms with van der Waals surface area (Å²) >= 11 is 1.26. The van der Waals surface area contributed by atoms with Gasteiger partial charge in [0, 0.05) is 29.4 Å². The number of benzene rings is 1. The molecule has 0 amide bonds. The number of hydrogen-bond donors (Lipinski definition) is 0. The van der Waals surface area contributed by atoms with E-state index in [1.165, 1.54) is 17.8 Å². The molecule has 1 aliphatic carbocycles. The maximum atomic E-state index is 13.7. The van der Waals surface area contributed by atoms with Gasteiger partial charge in [0.25, 0.3) is 5.92 Å². The van der Waals surface area contributed by atoms with Gasteiger partial charge in [-0.05, 0) is 29.4 Å². The summed E-state index contributed by atoms with van der Waals surface area (Å²) in [4.78, 5) is 13.3. The van der Waals surface area contributed by atoms with E-state index < -0.39 is 5.92 Å². The highest BCUT2D eigenvalue weighted by Gasteiger charge is 2.29. The maximum Gasteiger partial charge on any atom is 0.271 e. The topological polar surface area (TPSA) is 17.1 Å². The van der Waals surface area contributed by atoms with Gasteiger partial charge >= 0.3 is 0 Å². The normalized spacial score (nSPS) is 15.7.